The van der Waals surface area contributed by atoms with Gasteiger partial charge < -0.3 is 0 Å². The van der Waals surface area contributed by atoms with Gasteiger partial charge in [0.1, 0.15) is 5.78 Å². The van der Waals surface area contributed by atoms with Crippen molar-refractivity contribution in [2.75, 3.05) is 0 Å². The van der Waals surface area contributed by atoms with Crippen LogP contribution in [-0.4, -0.2) is 11.6 Å². The quantitative estimate of drug-likeness (QED) is 0.355. The van der Waals surface area contributed by atoms with E-state index in [1.54, 1.807) is 26.0 Å². The Morgan fingerprint density at radius 1 is 1.17 bits per heavy atom. The molecule has 2 atom stereocenters. The summed E-state index contributed by atoms with van der Waals surface area (Å²) in [6, 6.07) is 0. The molecule has 2 unspecified atom stereocenters. The summed E-state index contributed by atoms with van der Waals surface area (Å²) in [6.45, 7) is 19.0. The molecule has 0 aromatic heterocycles. The summed E-state index contributed by atoms with van der Waals surface area (Å²) < 4.78 is 0. The van der Waals surface area contributed by atoms with Crippen LogP contribution in [0, 0.1) is 17.3 Å². The maximum absolute atomic E-state index is 11.4. The highest BCUT2D eigenvalue weighted by Gasteiger charge is 2.37. The third kappa shape index (κ3) is 11.8. The van der Waals surface area contributed by atoms with Crippen LogP contribution in [-0.2, 0) is 9.59 Å². The molecule has 0 N–H and O–H groups in total. The summed E-state index contributed by atoms with van der Waals surface area (Å²) in [6.07, 6.45) is 12.6. The summed E-state index contributed by atoms with van der Waals surface area (Å²) in [4.78, 5) is 21.6. The zero-order valence-corrected chi connectivity index (χ0v) is 16.8. The van der Waals surface area contributed by atoms with Crippen molar-refractivity contribution >= 4 is 11.6 Å². The number of hydrogen-bond donors (Lipinski definition) is 0. The number of hydrogen-bond acceptors (Lipinski definition) is 2. The zero-order valence-electron chi connectivity index (χ0n) is 16.8. The molecule has 0 radical (unpaired) electrons. The first kappa shape index (κ1) is 24.6. The Morgan fingerprint density at radius 3 is 1.88 bits per heavy atom. The van der Waals surface area contributed by atoms with Crippen LogP contribution >= 0.6 is 0 Å². The number of ketones is 2. The van der Waals surface area contributed by atoms with Gasteiger partial charge in [-0.3, -0.25) is 9.59 Å². The normalized spacial score (nSPS) is 20.8. The molecule has 0 aromatic rings. The first-order chi connectivity index (χ1) is 11.0. The van der Waals surface area contributed by atoms with Crippen molar-refractivity contribution in [3.63, 3.8) is 0 Å². The molecule has 0 saturated carbocycles. The fourth-order valence-electron chi connectivity index (χ4n) is 3.00. The van der Waals surface area contributed by atoms with Gasteiger partial charge in [0, 0.05) is 5.92 Å². The minimum absolute atomic E-state index is 0.125. The topological polar surface area (TPSA) is 34.1 Å². The van der Waals surface area contributed by atoms with Crippen molar-refractivity contribution in [2.24, 2.45) is 17.3 Å². The van der Waals surface area contributed by atoms with E-state index in [9.17, 15) is 9.59 Å². The van der Waals surface area contributed by atoms with E-state index in [0.29, 0.717) is 11.7 Å². The molecule has 0 amide bonds. The van der Waals surface area contributed by atoms with E-state index in [-0.39, 0.29) is 17.1 Å². The van der Waals surface area contributed by atoms with Crippen LogP contribution in [0.5, 0.6) is 0 Å². The molecule has 0 saturated heterocycles. The Balaban J connectivity index is 0. The van der Waals surface area contributed by atoms with Crippen LogP contribution in [0.4, 0.5) is 0 Å². The van der Waals surface area contributed by atoms with Gasteiger partial charge in [0.25, 0.3) is 0 Å². The van der Waals surface area contributed by atoms with Gasteiger partial charge in [-0.2, -0.15) is 0 Å². The Labute approximate surface area is 149 Å². The average Bonchev–Trinajstić information content (AvgIpc) is 2.37. The zero-order chi connectivity index (χ0) is 19.3. The van der Waals surface area contributed by atoms with Crippen molar-refractivity contribution in [1.29, 1.82) is 0 Å². The number of allylic oxidation sites excluding steroid dienone is 7. The second-order valence-corrected chi connectivity index (χ2v) is 7.16. The molecule has 2 nitrogen and oxygen atoms in total. The van der Waals surface area contributed by atoms with E-state index in [0.717, 1.165) is 12.0 Å². The van der Waals surface area contributed by atoms with Crippen LogP contribution < -0.4 is 0 Å². The maximum atomic E-state index is 11.4. The number of carbonyl (C=O) groups excluding carboxylic acids is 2. The summed E-state index contributed by atoms with van der Waals surface area (Å²) in [5.74, 6) is 1.07. The molecule has 24 heavy (non-hydrogen) atoms. The van der Waals surface area contributed by atoms with Crippen LogP contribution in [0.3, 0.4) is 0 Å². The van der Waals surface area contributed by atoms with Crippen LogP contribution in [0.15, 0.2) is 48.6 Å². The van der Waals surface area contributed by atoms with Gasteiger partial charge in [0.05, 0.1) is 0 Å². The molecule has 1 aliphatic rings. The fourth-order valence-corrected chi connectivity index (χ4v) is 3.00. The molecule has 0 aliphatic heterocycles. The predicted molar refractivity (Wildman–Crippen MR) is 106 cm³/mol. The van der Waals surface area contributed by atoms with Gasteiger partial charge in [-0.1, -0.05) is 63.3 Å². The Kier molecular flexibility index (Phi) is 13.0. The lowest BCUT2D eigenvalue weighted by atomic mass is 9.66. The molecule has 0 bridgehead atoms. The van der Waals surface area contributed by atoms with E-state index in [1.165, 1.54) is 0 Å². The molecule has 1 aliphatic carbocycles. The summed E-state index contributed by atoms with van der Waals surface area (Å²) in [7, 11) is 0. The predicted octanol–water partition coefficient (Wildman–Crippen LogP) is 6.10. The molecule has 2 heteroatoms. The minimum atomic E-state index is 0.125. The molecule has 1 rings (SSSR count). The highest BCUT2D eigenvalue weighted by atomic mass is 16.1. The lowest BCUT2D eigenvalue weighted by molar-refractivity contribution is -0.126. The number of Topliss-reactive ketones (excluding diaryl/α,β-unsaturated/α-hetero) is 1. The molecule has 0 aromatic carbocycles. The first-order valence-electron chi connectivity index (χ1n) is 8.55. The first-order valence-corrected chi connectivity index (χ1v) is 8.55. The van der Waals surface area contributed by atoms with Crippen molar-refractivity contribution in [3.05, 3.63) is 48.6 Å². The average molecular weight is 333 g/mol. The largest absolute Gasteiger partial charge is 0.300 e. The van der Waals surface area contributed by atoms with Crippen LogP contribution in [0.1, 0.15) is 61.8 Å². The summed E-state index contributed by atoms with van der Waals surface area (Å²) in [5.41, 5.74) is 1.22. The van der Waals surface area contributed by atoms with Gasteiger partial charge in [-0.05, 0) is 58.4 Å². The van der Waals surface area contributed by atoms with Gasteiger partial charge in [0.15, 0.2) is 5.78 Å². The van der Waals surface area contributed by atoms with Crippen molar-refractivity contribution in [3.8, 4) is 0 Å². The Hall–Kier alpha value is -1.70. The number of rotatable bonds is 3. The van der Waals surface area contributed by atoms with E-state index < -0.39 is 0 Å². The van der Waals surface area contributed by atoms with Crippen molar-refractivity contribution in [2.45, 2.75) is 61.8 Å². The third-order valence-corrected chi connectivity index (χ3v) is 3.71. The molecular formula is C22H36O2. The van der Waals surface area contributed by atoms with E-state index in [1.807, 2.05) is 32.9 Å². The lowest BCUT2D eigenvalue weighted by Crippen LogP contribution is -2.35. The second kappa shape index (κ2) is 12.7. The van der Waals surface area contributed by atoms with Gasteiger partial charge >= 0.3 is 0 Å². The highest BCUT2D eigenvalue weighted by molar-refractivity contribution is 5.87. The standard InChI is InChI=1S/C11H18O.C6H10O.C5H8/c1-8-6-5-7-11(3,4)10(8)9(2)12;1-5(2)4-6(3)7;1-3-5-4-2/h5-6,8,10H,7H2,1-4H3;4H,1-3H3;3-5H,1H2,2H3/b;;5-4+. The Morgan fingerprint density at radius 2 is 1.71 bits per heavy atom. The van der Waals surface area contributed by atoms with Gasteiger partial charge in [-0.25, -0.2) is 0 Å². The van der Waals surface area contributed by atoms with Gasteiger partial charge in [0.2, 0.25) is 0 Å². The smallest absolute Gasteiger partial charge is 0.152 e. The van der Waals surface area contributed by atoms with Crippen LogP contribution in [0.2, 0.25) is 0 Å². The summed E-state index contributed by atoms with van der Waals surface area (Å²) >= 11 is 0. The SMILES string of the molecule is C=C/C=C/C.CC(=O)C1C(C)C=CCC1(C)C.CC(=O)C=C(C)C. The van der Waals surface area contributed by atoms with E-state index in [2.05, 4.69) is 39.5 Å². The molecule has 0 spiro atoms. The third-order valence-electron chi connectivity index (χ3n) is 3.71. The van der Waals surface area contributed by atoms with Crippen LogP contribution in [0.25, 0.3) is 0 Å². The maximum Gasteiger partial charge on any atom is 0.152 e. The van der Waals surface area contributed by atoms with E-state index >= 15 is 0 Å². The fraction of sp³-hybridized carbons (Fsp3) is 0.545. The van der Waals surface area contributed by atoms with Gasteiger partial charge in [-0.15, -0.1) is 0 Å². The molecule has 0 heterocycles. The monoisotopic (exact) mass is 332 g/mol. The lowest BCUT2D eigenvalue weighted by Gasteiger charge is -2.38. The van der Waals surface area contributed by atoms with Crippen molar-refractivity contribution in [1.82, 2.24) is 0 Å². The molecule has 0 fully saturated rings. The van der Waals surface area contributed by atoms with E-state index in [4.69, 9.17) is 0 Å². The Bertz CT molecular complexity index is 486. The summed E-state index contributed by atoms with van der Waals surface area (Å²) in [5, 5.41) is 0. The minimum Gasteiger partial charge on any atom is -0.300 e. The van der Waals surface area contributed by atoms with Crippen molar-refractivity contribution < 1.29 is 9.59 Å². The molecular weight excluding hydrogens is 296 g/mol. The second-order valence-electron chi connectivity index (χ2n) is 7.16. The highest BCUT2D eigenvalue weighted by Crippen LogP contribution is 2.40. The molecule has 136 valence electrons. The number of carbonyl (C=O) groups is 2.